The molecule has 0 atom stereocenters. The number of anilines is 1. The Morgan fingerprint density at radius 2 is 2.00 bits per heavy atom. The zero-order valence-corrected chi connectivity index (χ0v) is 10.7. The molecule has 0 aromatic heterocycles. The lowest BCUT2D eigenvalue weighted by molar-refractivity contribution is 0.778. The van der Waals surface area contributed by atoms with E-state index in [2.05, 4.69) is 56.4 Å². The first-order valence-electron chi connectivity index (χ1n) is 6.16. The summed E-state index contributed by atoms with van der Waals surface area (Å²) < 4.78 is 0. The van der Waals surface area contributed by atoms with Gasteiger partial charge in [0.15, 0.2) is 0 Å². The molecule has 1 aromatic carbocycles. The first-order chi connectivity index (χ1) is 7.74. The topological polar surface area (TPSA) is 12.0 Å². The Bertz CT molecular complexity index is 339. The van der Waals surface area contributed by atoms with Gasteiger partial charge in [-0.05, 0) is 57.2 Å². The predicted molar refractivity (Wildman–Crippen MR) is 73.1 cm³/mol. The number of allylic oxidation sites excluding steroid dienone is 2. The van der Waals surface area contributed by atoms with Gasteiger partial charge in [-0.2, -0.15) is 0 Å². The number of unbranched alkanes of at least 4 members (excludes halogenated alkanes) is 2. The summed E-state index contributed by atoms with van der Waals surface area (Å²) in [6.45, 7) is 7.44. The standard InChI is InChI=1S/C15H23N/c1-4-5-6-7-8-11-16-15-12-13(2)9-10-14(15)3/h4-5,9-10,12,16H,6-8,11H2,1-3H3/b5-4+. The third kappa shape index (κ3) is 4.52. The molecule has 0 aliphatic carbocycles. The molecule has 0 saturated carbocycles. The maximum absolute atomic E-state index is 3.51. The summed E-state index contributed by atoms with van der Waals surface area (Å²) in [5.41, 5.74) is 3.94. The summed E-state index contributed by atoms with van der Waals surface area (Å²) in [5, 5.41) is 3.51. The lowest BCUT2D eigenvalue weighted by Crippen LogP contribution is -2.02. The third-order valence-electron chi connectivity index (χ3n) is 2.74. The quantitative estimate of drug-likeness (QED) is 0.548. The normalized spacial score (nSPS) is 10.9. The highest BCUT2D eigenvalue weighted by atomic mass is 14.9. The van der Waals surface area contributed by atoms with E-state index in [0.717, 1.165) is 6.54 Å². The highest BCUT2D eigenvalue weighted by Gasteiger charge is 1.96. The second-order valence-electron chi connectivity index (χ2n) is 4.31. The Balaban J connectivity index is 2.29. The van der Waals surface area contributed by atoms with Crippen molar-refractivity contribution in [1.82, 2.24) is 0 Å². The Morgan fingerprint density at radius 3 is 2.75 bits per heavy atom. The molecule has 0 saturated heterocycles. The average Bonchev–Trinajstić information content (AvgIpc) is 2.28. The maximum Gasteiger partial charge on any atom is 0.0372 e. The largest absolute Gasteiger partial charge is 0.385 e. The summed E-state index contributed by atoms with van der Waals surface area (Å²) in [7, 11) is 0. The highest BCUT2D eigenvalue weighted by Crippen LogP contribution is 2.16. The molecule has 16 heavy (non-hydrogen) atoms. The molecule has 88 valence electrons. The van der Waals surface area contributed by atoms with Crippen LogP contribution in [-0.2, 0) is 0 Å². The van der Waals surface area contributed by atoms with Gasteiger partial charge in [0.05, 0.1) is 0 Å². The lowest BCUT2D eigenvalue weighted by Gasteiger charge is -2.09. The first-order valence-corrected chi connectivity index (χ1v) is 6.16. The van der Waals surface area contributed by atoms with Gasteiger partial charge in [0.25, 0.3) is 0 Å². The van der Waals surface area contributed by atoms with Gasteiger partial charge in [-0.25, -0.2) is 0 Å². The van der Waals surface area contributed by atoms with Crippen molar-refractivity contribution in [2.75, 3.05) is 11.9 Å². The van der Waals surface area contributed by atoms with E-state index in [4.69, 9.17) is 0 Å². The number of aryl methyl sites for hydroxylation is 2. The average molecular weight is 217 g/mol. The minimum Gasteiger partial charge on any atom is -0.385 e. The second-order valence-corrected chi connectivity index (χ2v) is 4.31. The van der Waals surface area contributed by atoms with Gasteiger partial charge >= 0.3 is 0 Å². The summed E-state index contributed by atoms with van der Waals surface area (Å²) in [5.74, 6) is 0. The van der Waals surface area contributed by atoms with Crippen LogP contribution < -0.4 is 5.32 Å². The van der Waals surface area contributed by atoms with Gasteiger partial charge < -0.3 is 5.32 Å². The van der Waals surface area contributed by atoms with Crippen LogP contribution in [0.3, 0.4) is 0 Å². The van der Waals surface area contributed by atoms with Gasteiger partial charge in [-0.15, -0.1) is 0 Å². The first kappa shape index (κ1) is 12.8. The molecule has 0 aliphatic heterocycles. The molecule has 0 aliphatic rings. The summed E-state index contributed by atoms with van der Waals surface area (Å²) in [6.07, 6.45) is 8.06. The number of nitrogens with one attached hydrogen (secondary N) is 1. The summed E-state index contributed by atoms with van der Waals surface area (Å²) in [4.78, 5) is 0. The van der Waals surface area contributed by atoms with E-state index in [0.29, 0.717) is 0 Å². The van der Waals surface area contributed by atoms with Crippen LogP contribution in [0.4, 0.5) is 5.69 Å². The molecule has 1 nitrogen and oxygen atoms in total. The maximum atomic E-state index is 3.51. The van der Waals surface area contributed by atoms with Gasteiger partial charge in [0.1, 0.15) is 0 Å². The van der Waals surface area contributed by atoms with Crippen molar-refractivity contribution in [3.05, 3.63) is 41.5 Å². The Labute approximate surface area is 99.6 Å². The lowest BCUT2D eigenvalue weighted by atomic mass is 10.1. The van der Waals surface area contributed by atoms with E-state index in [9.17, 15) is 0 Å². The molecule has 0 heterocycles. The minimum atomic E-state index is 1.07. The molecule has 1 aromatic rings. The van der Waals surface area contributed by atoms with E-state index in [1.165, 1.54) is 36.1 Å². The van der Waals surface area contributed by atoms with Crippen molar-refractivity contribution in [2.24, 2.45) is 0 Å². The van der Waals surface area contributed by atoms with Crippen molar-refractivity contribution in [1.29, 1.82) is 0 Å². The van der Waals surface area contributed by atoms with Crippen molar-refractivity contribution >= 4 is 5.69 Å². The van der Waals surface area contributed by atoms with Crippen LogP contribution in [0, 0.1) is 13.8 Å². The van der Waals surface area contributed by atoms with Gasteiger partial charge in [0, 0.05) is 12.2 Å². The van der Waals surface area contributed by atoms with E-state index < -0.39 is 0 Å². The molecule has 0 unspecified atom stereocenters. The van der Waals surface area contributed by atoms with Crippen molar-refractivity contribution in [3.63, 3.8) is 0 Å². The van der Waals surface area contributed by atoms with Crippen molar-refractivity contribution < 1.29 is 0 Å². The number of benzene rings is 1. The fourth-order valence-corrected chi connectivity index (χ4v) is 1.70. The van der Waals surface area contributed by atoms with Crippen LogP contribution in [0.2, 0.25) is 0 Å². The number of hydrogen-bond acceptors (Lipinski definition) is 1. The van der Waals surface area contributed by atoms with Crippen LogP contribution in [0.1, 0.15) is 37.3 Å². The minimum absolute atomic E-state index is 1.07. The molecule has 0 amide bonds. The van der Waals surface area contributed by atoms with Crippen LogP contribution in [0.25, 0.3) is 0 Å². The molecule has 0 radical (unpaired) electrons. The van der Waals surface area contributed by atoms with Crippen LogP contribution in [0.15, 0.2) is 30.4 Å². The van der Waals surface area contributed by atoms with Crippen LogP contribution >= 0.6 is 0 Å². The van der Waals surface area contributed by atoms with Crippen molar-refractivity contribution in [3.8, 4) is 0 Å². The Morgan fingerprint density at radius 1 is 1.19 bits per heavy atom. The van der Waals surface area contributed by atoms with Crippen LogP contribution in [-0.4, -0.2) is 6.54 Å². The van der Waals surface area contributed by atoms with E-state index in [1.807, 2.05) is 0 Å². The Kier molecular flexibility index (Phi) is 5.69. The number of rotatable bonds is 6. The van der Waals surface area contributed by atoms with E-state index in [-0.39, 0.29) is 0 Å². The molecule has 1 N–H and O–H groups in total. The zero-order valence-electron chi connectivity index (χ0n) is 10.7. The molecule has 0 spiro atoms. The van der Waals surface area contributed by atoms with E-state index >= 15 is 0 Å². The fraction of sp³-hybridized carbons (Fsp3) is 0.467. The zero-order chi connectivity index (χ0) is 11.8. The smallest absolute Gasteiger partial charge is 0.0372 e. The molecule has 1 heteroatoms. The molecule has 1 rings (SSSR count). The van der Waals surface area contributed by atoms with Gasteiger partial charge in [-0.1, -0.05) is 24.3 Å². The highest BCUT2D eigenvalue weighted by molar-refractivity contribution is 5.52. The van der Waals surface area contributed by atoms with Crippen molar-refractivity contribution in [2.45, 2.75) is 40.0 Å². The van der Waals surface area contributed by atoms with Gasteiger partial charge in [-0.3, -0.25) is 0 Å². The SMILES string of the molecule is C/C=C/CCCCNc1cc(C)ccc1C. The number of hydrogen-bond donors (Lipinski definition) is 1. The summed E-state index contributed by atoms with van der Waals surface area (Å²) in [6, 6.07) is 6.56. The Hall–Kier alpha value is -1.24. The van der Waals surface area contributed by atoms with Crippen LogP contribution in [0.5, 0.6) is 0 Å². The van der Waals surface area contributed by atoms with E-state index in [1.54, 1.807) is 0 Å². The predicted octanol–water partition coefficient (Wildman–Crippen LogP) is 4.46. The molecular formula is C15H23N. The van der Waals surface area contributed by atoms with Gasteiger partial charge in [0.2, 0.25) is 0 Å². The monoisotopic (exact) mass is 217 g/mol. The summed E-state index contributed by atoms with van der Waals surface area (Å²) >= 11 is 0. The fourth-order valence-electron chi connectivity index (χ4n) is 1.70. The molecular weight excluding hydrogens is 194 g/mol. The third-order valence-corrected chi connectivity index (χ3v) is 2.74. The molecule has 0 fully saturated rings. The second kappa shape index (κ2) is 7.10. The molecule has 0 bridgehead atoms.